The Hall–Kier alpha value is -0.303. The predicted molar refractivity (Wildman–Crippen MR) is 41.0 cm³/mol. The summed E-state index contributed by atoms with van der Waals surface area (Å²) in [5.41, 5.74) is 1.46. The lowest BCUT2D eigenvalue weighted by Crippen LogP contribution is -1.88. The van der Waals surface area contributed by atoms with E-state index in [0.29, 0.717) is 0 Å². The summed E-state index contributed by atoms with van der Waals surface area (Å²) in [6.45, 7) is 2.18. The van der Waals surface area contributed by atoms with Gasteiger partial charge in [0.1, 0.15) is 0 Å². The molecule has 44 valence electrons. The van der Waals surface area contributed by atoms with Gasteiger partial charge in [-0.3, -0.25) is 0 Å². The molecule has 0 nitrogen and oxygen atoms in total. The van der Waals surface area contributed by atoms with Crippen molar-refractivity contribution in [3.05, 3.63) is 22.9 Å². The normalized spacial score (nSPS) is 20.1. The molecule has 0 radical (unpaired) electrons. The van der Waals surface area contributed by atoms with E-state index >= 15 is 0 Å². The van der Waals surface area contributed by atoms with Gasteiger partial charge in [-0.2, -0.15) is 0 Å². The van der Waals surface area contributed by atoms with E-state index in [1.807, 2.05) is 0 Å². The maximum absolute atomic E-state index is 2.32. The minimum absolute atomic E-state index is 1.26. The molecule has 8 heavy (non-hydrogen) atoms. The fourth-order valence-corrected chi connectivity index (χ4v) is 1.79. The highest BCUT2D eigenvalue weighted by atomic mass is 28.1. The van der Waals surface area contributed by atoms with Crippen molar-refractivity contribution in [2.45, 2.75) is 19.8 Å². The smallest absolute Gasteiger partial charge is 0.0333 e. The van der Waals surface area contributed by atoms with Crippen LogP contribution >= 0.6 is 0 Å². The van der Waals surface area contributed by atoms with E-state index in [2.05, 4.69) is 19.1 Å². The number of allylic oxidation sites excluding steroid dienone is 4. The Bertz CT molecular complexity index is 142. The van der Waals surface area contributed by atoms with Crippen molar-refractivity contribution < 1.29 is 0 Å². The number of rotatable bonds is 0. The van der Waals surface area contributed by atoms with Gasteiger partial charge in [0.05, 0.1) is 0 Å². The highest BCUT2D eigenvalue weighted by Gasteiger charge is 1.94. The van der Waals surface area contributed by atoms with Crippen LogP contribution in [0.15, 0.2) is 22.9 Å². The van der Waals surface area contributed by atoms with E-state index in [1.165, 1.54) is 28.7 Å². The number of hydrogen-bond acceptors (Lipinski definition) is 0. The van der Waals surface area contributed by atoms with E-state index in [4.69, 9.17) is 0 Å². The highest BCUT2D eigenvalue weighted by Crippen LogP contribution is 2.12. The molecule has 0 saturated heterocycles. The Labute approximate surface area is 53.7 Å². The van der Waals surface area contributed by atoms with Crippen LogP contribution in [0.3, 0.4) is 0 Å². The lowest BCUT2D eigenvalue weighted by atomic mass is 10.1. The lowest BCUT2D eigenvalue weighted by molar-refractivity contribution is 0.997. The van der Waals surface area contributed by atoms with E-state index in [9.17, 15) is 0 Å². The molecule has 0 N–H and O–H groups in total. The maximum atomic E-state index is 2.32. The third-order valence-electron chi connectivity index (χ3n) is 1.48. The monoisotopic (exact) mass is 124 g/mol. The van der Waals surface area contributed by atoms with E-state index in [-0.39, 0.29) is 0 Å². The van der Waals surface area contributed by atoms with Crippen LogP contribution in [-0.4, -0.2) is 10.2 Å². The lowest BCUT2D eigenvalue weighted by Gasteiger charge is -2.04. The molecular weight excluding hydrogens is 112 g/mol. The molecule has 0 saturated carbocycles. The molecule has 1 rings (SSSR count). The van der Waals surface area contributed by atoms with Crippen LogP contribution in [0.5, 0.6) is 0 Å². The Kier molecular flexibility index (Phi) is 1.68. The van der Waals surface area contributed by atoms with Gasteiger partial charge in [-0.05, 0) is 19.8 Å². The van der Waals surface area contributed by atoms with Crippen molar-refractivity contribution in [2.75, 3.05) is 0 Å². The fraction of sp³-hybridized carbons (Fsp3) is 0.429. The summed E-state index contributed by atoms with van der Waals surface area (Å²) in [5.74, 6) is 0. The van der Waals surface area contributed by atoms with Crippen molar-refractivity contribution in [1.29, 1.82) is 0 Å². The molecule has 1 aliphatic rings. The summed E-state index contributed by atoms with van der Waals surface area (Å²) in [6.07, 6.45) is 7.22. The van der Waals surface area contributed by atoms with Crippen LogP contribution in [0.25, 0.3) is 0 Å². The van der Waals surface area contributed by atoms with E-state index in [0.717, 1.165) is 0 Å². The van der Waals surface area contributed by atoms with Crippen LogP contribution in [0.2, 0.25) is 0 Å². The molecule has 0 heterocycles. The van der Waals surface area contributed by atoms with Gasteiger partial charge in [0.2, 0.25) is 0 Å². The fourth-order valence-electron chi connectivity index (χ4n) is 1.05. The third-order valence-corrected chi connectivity index (χ3v) is 2.27. The van der Waals surface area contributed by atoms with Crippen LogP contribution < -0.4 is 0 Å². The Morgan fingerprint density at radius 2 is 2.38 bits per heavy atom. The van der Waals surface area contributed by atoms with Crippen molar-refractivity contribution in [2.24, 2.45) is 0 Å². The van der Waals surface area contributed by atoms with Crippen molar-refractivity contribution >= 4 is 10.2 Å². The summed E-state index contributed by atoms with van der Waals surface area (Å²) < 4.78 is 0. The zero-order valence-corrected chi connectivity index (χ0v) is 7.57. The molecular formula is C7H12Si. The number of hydrogen-bond donors (Lipinski definition) is 0. The van der Waals surface area contributed by atoms with Crippen molar-refractivity contribution in [3.63, 3.8) is 0 Å². The minimum Gasteiger partial charge on any atom is -0.0912 e. The van der Waals surface area contributed by atoms with Gasteiger partial charge in [-0.1, -0.05) is 22.9 Å². The van der Waals surface area contributed by atoms with Crippen LogP contribution in [0.1, 0.15) is 19.8 Å². The van der Waals surface area contributed by atoms with Gasteiger partial charge in [-0.15, -0.1) is 0 Å². The zero-order valence-electron chi connectivity index (χ0n) is 5.57. The van der Waals surface area contributed by atoms with Crippen LogP contribution in [0.4, 0.5) is 0 Å². The molecule has 0 bridgehead atoms. The Morgan fingerprint density at radius 3 is 2.75 bits per heavy atom. The highest BCUT2D eigenvalue weighted by molar-refractivity contribution is 6.21. The topological polar surface area (TPSA) is 0 Å². The third kappa shape index (κ3) is 1.34. The first-order chi connectivity index (χ1) is 3.79. The molecule has 0 unspecified atom stereocenters. The van der Waals surface area contributed by atoms with Gasteiger partial charge in [0.15, 0.2) is 0 Å². The standard InChI is InChI=1S/C7H12Si/c1-6-3-2-4-7(8)5-6/h3,5H,2,4H2,1,8H3. The SMILES string of the molecule is CC1=CCCC([SiH3])=C1. The largest absolute Gasteiger partial charge is 0.0912 e. The molecule has 1 aliphatic carbocycles. The van der Waals surface area contributed by atoms with Crippen molar-refractivity contribution in [3.8, 4) is 0 Å². The molecule has 0 aliphatic heterocycles. The van der Waals surface area contributed by atoms with Gasteiger partial charge < -0.3 is 0 Å². The molecule has 0 aromatic rings. The molecule has 0 atom stereocenters. The Morgan fingerprint density at radius 1 is 1.62 bits per heavy atom. The zero-order chi connectivity index (χ0) is 5.98. The first-order valence-electron chi connectivity index (χ1n) is 3.13. The van der Waals surface area contributed by atoms with E-state index in [1.54, 1.807) is 5.20 Å². The molecule has 0 aromatic carbocycles. The van der Waals surface area contributed by atoms with Crippen LogP contribution in [0, 0.1) is 0 Å². The summed E-state index contributed by atoms with van der Waals surface area (Å²) >= 11 is 0. The Balaban J connectivity index is 2.69. The van der Waals surface area contributed by atoms with Crippen LogP contribution in [-0.2, 0) is 0 Å². The maximum Gasteiger partial charge on any atom is 0.0333 e. The molecule has 0 amide bonds. The van der Waals surface area contributed by atoms with Gasteiger partial charge in [0, 0.05) is 10.2 Å². The minimum atomic E-state index is 1.26. The summed E-state index contributed by atoms with van der Waals surface area (Å²) in [6, 6.07) is 0. The van der Waals surface area contributed by atoms with E-state index < -0.39 is 0 Å². The second kappa shape index (κ2) is 2.31. The quantitative estimate of drug-likeness (QED) is 0.422. The average Bonchev–Trinajstić information content (AvgIpc) is 1.64. The summed E-state index contributed by atoms with van der Waals surface area (Å²) in [4.78, 5) is 0. The van der Waals surface area contributed by atoms with Gasteiger partial charge in [-0.25, -0.2) is 0 Å². The average molecular weight is 124 g/mol. The molecule has 0 aromatic heterocycles. The predicted octanol–water partition coefficient (Wildman–Crippen LogP) is 0.976. The first kappa shape index (κ1) is 5.83. The molecule has 0 spiro atoms. The second-order valence-electron chi connectivity index (χ2n) is 2.48. The summed E-state index contributed by atoms with van der Waals surface area (Å²) in [5, 5.41) is 1.66. The molecule has 0 fully saturated rings. The summed E-state index contributed by atoms with van der Waals surface area (Å²) in [7, 11) is 1.26. The van der Waals surface area contributed by atoms with Gasteiger partial charge in [0.25, 0.3) is 0 Å². The van der Waals surface area contributed by atoms with Crippen molar-refractivity contribution in [1.82, 2.24) is 0 Å². The first-order valence-corrected chi connectivity index (χ1v) is 4.13. The molecule has 1 heteroatoms. The van der Waals surface area contributed by atoms with Gasteiger partial charge >= 0.3 is 0 Å². The second-order valence-corrected chi connectivity index (χ2v) is 3.76.